The Kier molecular flexibility index (Phi) is 3.63. The van der Waals surface area contributed by atoms with Gasteiger partial charge in [-0.25, -0.2) is 0 Å². The zero-order valence-electron chi connectivity index (χ0n) is 9.17. The van der Waals surface area contributed by atoms with Gasteiger partial charge in [0.15, 0.2) is 0 Å². The molecule has 0 radical (unpaired) electrons. The highest BCUT2D eigenvalue weighted by Crippen LogP contribution is 2.18. The predicted molar refractivity (Wildman–Crippen MR) is 64.5 cm³/mol. The van der Waals surface area contributed by atoms with E-state index < -0.39 is 0 Å². The molecule has 0 aliphatic carbocycles. The van der Waals surface area contributed by atoms with Gasteiger partial charge in [-0.05, 0) is 25.0 Å². The molecule has 0 aliphatic rings. The van der Waals surface area contributed by atoms with Gasteiger partial charge in [0.1, 0.15) is 0 Å². The van der Waals surface area contributed by atoms with Crippen molar-refractivity contribution >= 4 is 11.3 Å². The van der Waals surface area contributed by atoms with Crippen LogP contribution in [0.2, 0.25) is 0 Å². The molecule has 0 saturated carbocycles. The molecule has 3 nitrogen and oxygen atoms in total. The second-order valence-corrected chi connectivity index (χ2v) is 3.58. The van der Waals surface area contributed by atoms with Gasteiger partial charge in [-0.15, -0.1) is 0 Å². The molecule has 0 heterocycles. The van der Waals surface area contributed by atoms with Crippen LogP contribution in [0.3, 0.4) is 0 Å². The second-order valence-electron chi connectivity index (χ2n) is 3.58. The predicted octanol–water partition coefficient (Wildman–Crippen LogP) is 1.87. The third-order valence-electron chi connectivity index (χ3n) is 2.25. The molecular weight excluding hydrogens is 186 g/mol. The Morgan fingerprint density at radius 3 is 2.07 bits per heavy atom. The van der Waals surface area contributed by atoms with E-state index in [-0.39, 0.29) is 0 Å². The zero-order valence-corrected chi connectivity index (χ0v) is 9.17. The molecule has 0 amide bonds. The van der Waals surface area contributed by atoms with Gasteiger partial charge in [0, 0.05) is 23.5 Å². The lowest BCUT2D eigenvalue weighted by molar-refractivity contribution is 1.07. The largest absolute Gasteiger partial charge is 0.402 e. The number of hydrogen-bond acceptors (Lipinski definition) is 3. The van der Waals surface area contributed by atoms with E-state index in [1.165, 1.54) is 0 Å². The molecule has 1 rings (SSSR count). The maximum Gasteiger partial charge on any atom is 0.0378 e. The summed E-state index contributed by atoms with van der Waals surface area (Å²) in [5.74, 6) is 0. The summed E-state index contributed by atoms with van der Waals surface area (Å²) in [6.07, 6.45) is 0. The quantitative estimate of drug-likeness (QED) is 0.656. The first kappa shape index (κ1) is 11.5. The Morgan fingerprint density at radius 1 is 1.20 bits per heavy atom. The molecule has 1 aromatic carbocycles. The van der Waals surface area contributed by atoms with Gasteiger partial charge >= 0.3 is 0 Å². The third-order valence-corrected chi connectivity index (χ3v) is 2.25. The maximum absolute atomic E-state index is 7.66. The van der Waals surface area contributed by atoms with E-state index in [0.29, 0.717) is 18.0 Å². The van der Waals surface area contributed by atoms with Gasteiger partial charge in [0.05, 0.1) is 0 Å². The minimum atomic E-state index is 0.482. The minimum Gasteiger partial charge on any atom is -0.402 e. The zero-order chi connectivity index (χ0) is 11.4. The highest BCUT2D eigenvalue weighted by atomic mass is 14.6. The van der Waals surface area contributed by atoms with Crippen LogP contribution in [0.1, 0.15) is 25.0 Å². The van der Waals surface area contributed by atoms with Crippen LogP contribution < -0.4 is 11.5 Å². The van der Waals surface area contributed by atoms with Crippen molar-refractivity contribution in [1.29, 1.82) is 5.41 Å². The molecular formula is C12H17N3. The van der Waals surface area contributed by atoms with Gasteiger partial charge < -0.3 is 16.9 Å². The Hall–Kier alpha value is -1.61. The molecule has 0 atom stereocenters. The fraction of sp³-hybridized carbons (Fsp3) is 0.250. The van der Waals surface area contributed by atoms with Gasteiger partial charge in [0.2, 0.25) is 0 Å². The van der Waals surface area contributed by atoms with Gasteiger partial charge in [0.25, 0.3) is 0 Å². The molecule has 0 aromatic heterocycles. The van der Waals surface area contributed by atoms with Crippen molar-refractivity contribution in [3.8, 4) is 0 Å². The molecule has 3 heteroatoms. The number of nitrogens with two attached hydrogens (primary N) is 2. The number of rotatable bonds is 3. The van der Waals surface area contributed by atoms with E-state index in [9.17, 15) is 0 Å². The molecule has 0 aliphatic heterocycles. The average molecular weight is 203 g/mol. The van der Waals surface area contributed by atoms with Crippen molar-refractivity contribution in [2.24, 2.45) is 11.5 Å². The summed E-state index contributed by atoms with van der Waals surface area (Å²) in [6.45, 7) is 4.08. The van der Waals surface area contributed by atoms with E-state index in [1.54, 1.807) is 6.92 Å². The lowest BCUT2D eigenvalue weighted by Crippen LogP contribution is -2.05. The first-order chi connectivity index (χ1) is 7.06. The molecule has 15 heavy (non-hydrogen) atoms. The van der Waals surface area contributed by atoms with Crippen LogP contribution in [0.4, 0.5) is 0 Å². The summed E-state index contributed by atoms with van der Waals surface area (Å²) >= 11 is 0. The van der Waals surface area contributed by atoms with E-state index in [4.69, 9.17) is 16.9 Å². The summed E-state index contributed by atoms with van der Waals surface area (Å²) in [4.78, 5) is 0. The minimum absolute atomic E-state index is 0.482. The average Bonchev–Trinajstić information content (AvgIpc) is 2.18. The van der Waals surface area contributed by atoms with Crippen LogP contribution in [-0.2, 0) is 6.54 Å². The van der Waals surface area contributed by atoms with Crippen LogP contribution in [0.15, 0.2) is 30.0 Å². The fourth-order valence-corrected chi connectivity index (χ4v) is 1.55. The molecule has 0 saturated heterocycles. The normalized spacial score (nSPS) is 12.2. The van der Waals surface area contributed by atoms with Crippen LogP contribution in [-0.4, -0.2) is 5.71 Å². The second kappa shape index (κ2) is 4.75. The van der Waals surface area contributed by atoms with Gasteiger partial charge in [-0.3, -0.25) is 0 Å². The molecule has 5 N–H and O–H groups in total. The Balaban J connectivity index is 3.15. The third kappa shape index (κ3) is 2.67. The lowest BCUT2D eigenvalue weighted by Gasteiger charge is -2.09. The summed E-state index contributed by atoms with van der Waals surface area (Å²) in [5, 5.41) is 7.66. The van der Waals surface area contributed by atoms with Crippen molar-refractivity contribution in [3.63, 3.8) is 0 Å². The first-order valence-electron chi connectivity index (χ1n) is 4.87. The molecule has 80 valence electrons. The van der Waals surface area contributed by atoms with Gasteiger partial charge in [-0.1, -0.05) is 24.3 Å². The summed E-state index contributed by atoms with van der Waals surface area (Å²) in [6, 6.07) is 7.82. The summed E-state index contributed by atoms with van der Waals surface area (Å²) in [7, 11) is 0. The lowest BCUT2D eigenvalue weighted by atomic mass is 9.99. The standard InChI is InChI=1S/C12H17N3/c1-8(14)12(9(2)15)11-5-3-10(7-13)4-6-11/h3-6,14H,7,13,15H2,1-2H3/b12-9+,14-8?. The fourth-order valence-electron chi connectivity index (χ4n) is 1.55. The number of allylic oxidation sites excluding steroid dienone is 2. The Labute approximate surface area is 90.3 Å². The van der Waals surface area contributed by atoms with Crippen molar-refractivity contribution in [1.82, 2.24) is 0 Å². The number of nitrogens with one attached hydrogen (secondary N) is 1. The van der Waals surface area contributed by atoms with Gasteiger partial charge in [-0.2, -0.15) is 0 Å². The van der Waals surface area contributed by atoms with Crippen LogP contribution in [0.5, 0.6) is 0 Å². The molecule has 0 spiro atoms. The van der Waals surface area contributed by atoms with Crippen molar-refractivity contribution in [2.75, 3.05) is 0 Å². The van der Waals surface area contributed by atoms with Crippen molar-refractivity contribution < 1.29 is 0 Å². The van der Waals surface area contributed by atoms with E-state index in [2.05, 4.69) is 0 Å². The SMILES string of the molecule is CC(=N)/C(=C(/C)N)c1ccc(CN)cc1. The number of hydrogen-bond donors (Lipinski definition) is 3. The number of benzene rings is 1. The monoisotopic (exact) mass is 203 g/mol. The van der Waals surface area contributed by atoms with Crippen LogP contribution in [0.25, 0.3) is 5.57 Å². The molecule has 0 bridgehead atoms. The summed E-state index contributed by atoms with van der Waals surface area (Å²) < 4.78 is 0. The summed E-state index contributed by atoms with van der Waals surface area (Å²) in [5.41, 5.74) is 15.3. The topological polar surface area (TPSA) is 75.9 Å². The van der Waals surface area contributed by atoms with E-state index in [0.717, 1.165) is 16.7 Å². The van der Waals surface area contributed by atoms with E-state index >= 15 is 0 Å². The highest BCUT2D eigenvalue weighted by Gasteiger charge is 2.06. The van der Waals surface area contributed by atoms with Crippen LogP contribution >= 0.6 is 0 Å². The van der Waals surface area contributed by atoms with Crippen LogP contribution in [0, 0.1) is 5.41 Å². The highest BCUT2D eigenvalue weighted by molar-refractivity contribution is 6.21. The molecule has 1 aromatic rings. The Bertz CT molecular complexity index is 384. The van der Waals surface area contributed by atoms with E-state index in [1.807, 2.05) is 31.2 Å². The smallest absolute Gasteiger partial charge is 0.0378 e. The molecule has 0 fully saturated rings. The molecule has 0 unspecified atom stereocenters. The first-order valence-corrected chi connectivity index (χ1v) is 4.87. The maximum atomic E-state index is 7.66. The van der Waals surface area contributed by atoms with Crippen molar-refractivity contribution in [3.05, 3.63) is 41.1 Å². The van der Waals surface area contributed by atoms with Crippen molar-refractivity contribution in [2.45, 2.75) is 20.4 Å². The Morgan fingerprint density at radius 2 is 1.73 bits per heavy atom.